The van der Waals surface area contributed by atoms with Gasteiger partial charge in [-0.15, -0.1) is 0 Å². The summed E-state index contributed by atoms with van der Waals surface area (Å²) >= 11 is 6.02. The van der Waals surface area contributed by atoms with E-state index in [4.69, 9.17) is 11.6 Å². The number of carboxylic acid groups (broad SMARTS) is 1. The molecule has 0 aromatic heterocycles. The van der Waals surface area contributed by atoms with Crippen molar-refractivity contribution in [1.82, 2.24) is 9.80 Å². The van der Waals surface area contributed by atoms with E-state index in [-0.39, 0.29) is 16.6 Å². The lowest BCUT2D eigenvalue weighted by atomic mass is 10.0. The minimum atomic E-state index is -1.08. The van der Waals surface area contributed by atoms with Crippen molar-refractivity contribution in [3.63, 3.8) is 0 Å². The number of carboxylic acids is 1. The van der Waals surface area contributed by atoms with Crippen molar-refractivity contribution in [3.05, 3.63) is 34.6 Å². The second-order valence-electron chi connectivity index (χ2n) is 5.23. The fourth-order valence-electron chi connectivity index (χ4n) is 2.74. The van der Waals surface area contributed by atoms with Crippen LogP contribution in [0.3, 0.4) is 0 Å². The molecule has 2 atom stereocenters. The van der Waals surface area contributed by atoms with Crippen LogP contribution >= 0.6 is 11.6 Å². The molecule has 1 aliphatic rings. The summed E-state index contributed by atoms with van der Waals surface area (Å²) in [6.45, 7) is 4.01. The largest absolute Gasteiger partial charge is 0.480 e. The third kappa shape index (κ3) is 2.95. The van der Waals surface area contributed by atoms with Gasteiger partial charge in [-0.3, -0.25) is 9.69 Å². The minimum absolute atomic E-state index is 0.0190. The van der Waals surface area contributed by atoms with Crippen LogP contribution in [-0.2, 0) is 4.79 Å². The van der Waals surface area contributed by atoms with Crippen LogP contribution in [0, 0.1) is 5.82 Å². The topological polar surface area (TPSA) is 43.8 Å². The van der Waals surface area contributed by atoms with E-state index >= 15 is 0 Å². The van der Waals surface area contributed by atoms with E-state index in [0.717, 1.165) is 13.1 Å². The fraction of sp³-hybridized carbons (Fsp3) is 0.500. The lowest BCUT2D eigenvalue weighted by molar-refractivity contribution is -0.145. The second kappa shape index (κ2) is 6.08. The SMILES string of the molecule is CC1CN(C)CCN1C(C(=O)O)c1c(F)cccc1Cl. The Bertz CT molecular complexity index is 492. The Morgan fingerprint density at radius 3 is 2.75 bits per heavy atom. The van der Waals surface area contributed by atoms with E-state index in [9.17, 15) is 14.3 Å². The molecule has 1 saturated heterocycles. The first kappa shape index (κ1) is 15.2. The Labute approximate surface area is 122 Å². The van der Waals surface area contributed by atoms with E-state index in [1.54, 1.807) is 4.90 Å². The van der Waals surface area contributed by atoms with Gasteiger partial charge in [0.2, 0.25) is 0 Å². The molecule has 0 radical (unpaired) electrons. The molecule has 6 heteroatoms. The van der Waals surface area contributed by atoms with Gasteiger partial charge in [0.15, 0.2) is 0 Å². The number of nitrogens with zero attached hydrogens (tertiary/aromatic N) is 2. The Morgan fingerprint density at radius 1 is 1.50 bits per heavy atom. The molecule has 1 aromatic carbocycles. The summed E-state index contributed by atoms with van der Waals surface area (Å²) in [6.07, 6.45) is 0. The van der Waals surface area contributed by atoms with Crippen molar-refractivity contribution in [1.29, 1.82) is 0 Å². The highest BCUT2D eigenvalue weighted by atomic mass is 35.5. The molecule has 0 aliphatic carbocycles. The Morgan fingerprint density at radius 2 is 2.20 bits per heavy atom. The zero-order valence-electron chi connectivity index (χ0n) is 11.5. The standard InChI is InChI=1S/C14H18ClFN2O2/c1-9-8-17(2)6-7-18(9)13(14(19)20)12-10(15)4-3-5-11(12)16/h3-5,9,13H,6-8H2,1-2H3,(H,19,20). The van der Waals surface area contributed by atoms with Gasteiger partial charge in [-0.25, -0.2) is 4.39 Å². The number of carbonyl (C=O) groups is 1. The molecule has 1 aliphatic heterocycles. The summed E-state index contributed by atoms with van der Waals surface area (Å²) in [5.41, 5.74) is 0.0538. The van der Waals surface area contributed by atoms with Crippen molar-refractivity contribution in [2.75, 3.05) is 26.7 Å². The molecule has 1 N–H and O–H groups in total. The van der Waals surface area contributed by atoms with Crippen molar-refractivity contribution >= 4 is 17.6 Å². The molecule has 4 nitrogen and oxygen atoms in total. The second-order valence-corrected chi connectivity index (χ2v) is 5.63. The van der Waals surface area contributed by atoms with Gasteiger partial charge < -0.3 is 10.0 Å². The van der Waals surface area contributed by atoms with Crippen LogP contribution in [-0.4, -0.2) is 53.6 Å². The molecule has 0 amide bonds. The van der Waals surface area contributed by atoms with Gasteiger partial charge in [-0.1, -0.05) is 17.7 Å². The monoisotopic (exact) mass is 300 g/mol. The van der Waals surface area contributed by atoms with Gasteiger partial charge in [0.05, 0.1) is 0 Å². The molecule has 1 heterocycles. The highest BCUT2D eigenvalue weighted by molar-refractivity contribution is 6.31. The van der Waals surface area contributed by atoms with E-state index < -0.39 is 17.8 Å². The maximum absolute atomic E-state index is 14.0. The van der Waals surface area contributed by atoms with Gasteiger partial charge in [0.25, 0.3) is 0 Å². The van der Waals surface area contributed by atoms with Crippen LogP contribution < -0.4 is 0 Å². The van der Waals surface area contributed by atoms with Crippen molar-refractivity contribution in [2.24, 2.45) is 0 Å². The molecular formula is C14H18ClFN2O2. The third-order valence-corrected chi connectivity index (χ3v) is 4.05. The average Bonchev–Trinajstić information content (AvgIpc) is 2.35. The molecule has 2 unspecified atom stereocenters. The number of rotatable bonds is 3. The summed E-state index contributed by atoms with van der Waals surface area (Å²) in [5.74, 6) is -1.65. The number of hydrogen-bond acceptors (Lipinski definition) is 3. The fourth-order valence-corrected chi connectivity index (χ4v) is 3.01. The molecule has 1 fully saturated rings. The Balaban J connectivity index is 2.39. The first-order chi connectivity index (χ1) is 9.41. The van der Waals surface area contributed by atoms with Crippen LogP contribution in [0.5, 0.6) is 0 Å². The molecule has 110 valence electrons. The van der Waals surface area contributed by atoms with E-state index in [1.165, 1.54) is 18.2 Å². The Hall–Kier alpha value is -1.17. The van der Waals surface area contributed by atoms with Crippen LogP contribution in [0.15, 0.2) is 18.2 Å². The number of likely N-dealkylation sites (N-methyl/N-ethyl adjacent to an activating group) is 1. The zero-order chi connectivity index (χ0) is 14.9. The van der Waals surface area contributed by atoms with Gasteiger partial charge >= 0.3 is 5.97 Å². The molecule has 0 spiro atoms. The number of piperazine rings is 1. The first-order valence-electron chi connectivity index (χ1n) is 6.52. The maximum Gasteiger partial charge on any atom is 0.325 e. The highest BCUT2D eigenvalue weighted by Crippen LogP contribution is 2.32. The van der Waals surface area contributed by atoms with Crippen LogP contribution in [0.4, 0.5) is 4.39 Å². The molecule has 20 heavy (non-hydrogen) atoms. The molecule has 0 saturated carbocycles. The minimum Gasteiger partial charge on any atom is -0.480 e. The molecular weight excluding hydrogens is 283 g/mol. The smallest absolute Gasteiger partial charge is 0.325 e. The number of halogens is 2. The highest BCUT2D eigenvalue weighted by Gasteiger charge is 2.36. The van der Waals surface area contributed by atoms with E-state index in [0.29, 0.717) is 6.54 Å². The van der Waals surface area contributed by atoms with Crippen LogP contribution in [0.1, 0.15) is 18.5 Å². The number of hydrogen-bond donors (Lipinski definition) is 1. The summed E-state index contributed by atoms with van der Waals surface area (Å²) < 4.78 is 14.0. The van der Waals surface area contributed by atoms with Gasteiger partial charge in [-0.05, 0) is 26.1 Å². The summed E-state index contributed by atoms with van der Waals surface area (Å²) in [4.78, 5) is 15.6. The predicted molar refractivity (Wildman–Crippen MR) is 75.5 cm³/mol. The molecule has 2 rings (SSSR count). The maximum atomic E-state index is 14.0. The van der Waals surface area contributed by atoms with Crippen LogP contribution in [0.2, 0.25) is 5.02 Å². The predicted octanol–water partition coefficient (Wildman–Crippen LogP) is 2.24. The Kier molecular flexibility index (Phi) is 4.62. The number of benzene rings is 1. The van der Waals surface area contributed by atoms with Gasteiger partial charge in [0, 0.05) is 36.3 Å². The lowest BCUT2D eigenvalue weighted by Gasteiger charge is -2.41. The van der Waals surface area contributed by atoms with Gasteiger partial charge in [0.1, 0.15) is 11.9 Å². The van der Waals surface area contributed by atoms with Crippen LogP contribution in [0.25, 0.3) is 0 Å². The number of aliphatic carboxylic acids is 1. The average molecular weight is 301 g/mol. The molecule has 0 bridgehead atoms. The van der Waals surface area contributed by atoms with Crippen molar-refractivity contribution in [3.8, 4) is 0 Å². The molecule has 1 aromatic rings. The summed E-state index contributed by atoms with van der Waals surface area (Å²) in [5, 5.41) is 9.69. The first-order valence-corrected chi connectivity index (χ1v) is 6.90. The van der Waals surface area contributed by atoms with E-state index in [1.807, 2.05) is 14.0 Å². The normalized spacial score (nSPS) is 22.7. The summed E-state index contributed by atoms with van der Waals surface area (Å²) in [7, 11) is 1.99. The summed E-state index contributed by atoms with van der Waals surface area (Å²) in [6, 6.07) is 3.22. The third-order valence-electron chi connectivity index (χ3n) is 3.72. The van der Waals surface area contributed by atoms with Gasteiger partial charge in [-0.2, -0.15) is 0 Å². The lowest BCUT2D eigenvalue weighted by Crippen LogP contribution is -2.53. The zero-order valence-corrected chi connectivity index (χ0v) is 12.3. The van der Waals surface area contributed by atoms with Crippen molar-refractivity contribution < 1.29 is 14.3 Å². The van der Waals surface area contributed by atoms with Crippen molar-refractivity contribution in [2.45, 2.75) is 19.0 Å². The van der Waals surface area contributed by atoms with E-state index in [2.05, 4.69) is 4.90 Å². The quantitative estimate of drug-likeness (QED) is 0.930.